The average molecular weight is 617 g/mol. The lowest BCUT2D eigenvalue weighted by molar-refractivity contribution is -0.139. The van der Waals surface area contributed by atoms with E-state index in [9.17, 15) is 18.0 Å². The van der Waals surface area contributed by atoms with Gasteiger partial charge in [-0.05, 0) is 86.7 Å². The van der Waals surface area contributed by atoms with Gasteiger partial charge in [-0.1, -0.05) is 66.4 Å². The van der Waals surface area contributed by atoms with E-state index >= 15 is 0 Å². The molecule has 2 amide bonds. The Bertz CT molecular complexity index is 1510. The average Bonchev–Trinajstić information content (AvgIpc) is 3.46. The van der Waals surface area contributed by atoms with E-state index in [0.29, 0.717) is 21.3 Å². The first kappa shape index (κ1) is 30.9. The Morgan fingerprint density at radius 3 is 2.24 bits per heavy atom. The standard InChI is InChI=1S/C31H35Cl2N3O4S/c1-21-13-15-26(17-22(21)2)36(41(39,40)27-11-5-4-6-12-27)20-30(37)35(19-24-14-16-28(32)29(33)18-24)23(3)31(38)34-25-9-7-8-10-25/h4-6,11-18,23,25H,7-10,19-20H2,1-3H3,(H,34,38). The monoisotopic (exact) mass is 615 g/mol. The molecule has 7 nitrogen and oxygen atoms in total. The molecule has 1 aliphatic carbocycles. The van der Waals surface area contributed by atoms with Crippen LogP contribution in [-0.4, -0.2) is 43.8 Å². The van der Waals surface area contributed by atoms with Gasteiger partial charge in [0.1, 0.15) is 12.6 Å². The molecule has 218 valence electrons. The lowest BCUT2D eigenvalue weighted by atomic mass is 10.1. The van der Waals surface area contributed by atoms with Crippen molar-refractivity contribution in [1.29, 1.82) is 0 Å². The van der Waals surface area contributed by atoms with Crippen LogP contribution in [0.15, 0.2) is 71.6 Å². The van der Waals surface area contributed by atoms with E-state index in [1.807, 2.05) is 19.9 Å². The van der Waals surface area contributed by atoms with Crippen molar-refractivity contribution in [3.63, 3.8) is 0 Å². The third-order valence-electron chi connectivity index (χ3n) is 7.59. The highest BCUT2D eigenvalue weighted by Crippen LogP contribution is 2.28. The molecule has 41 heavy (non-hydrogen) atoms. The van der Waals surface area contributed by atoms with Crippen LogP contribution in [0.5, 0.6) is 0 Å². The van der Waals surface area contributed by atoms with Gasteiger partial charge >= 0.3 is 0 Å². The number of carbonyl (C=O) groups is 2. The fourth-order valence-electron chi connectivity index (χ4n) is 4.94. The molecular formula is C31H35Cl2N3O4S. The number of halogens is 2. The second-order valence-electron chi connectivity index (χ2n) is 10.5. The Hall–Kier alpha value is -3.07. The molecule has 10 heteroatoms. The van der Waals surface area contributed by atoms with Crippen molar-refractivity contribution in [2.24, 2.45) is 0 Å². The smallest absolute Gasteiger partial charge is 0.264 e. The van der Waals surface area contributed by atoms with Crippen molar-refractivity contribution in [2.45, 2.75) is 70.0 Å². The third kappa shape index (κ3) is 7.42. The van der Waals surface area contributed by atoms with Crippen LogP contribution in [0, 0.1) is 13.8 Å². The summed E-state index contributed by atoms with van der Waals surface area (Å²) < 4.78 is 28.9. The number of nitrogens with zero attached hydrogens (tertiary/aromatic N) is 2. The summed E-state index contributed by atoms with van der Waals surface area (Å²) in [7, 11) is -4.12. The topological polar surface area (TPSA) is 86.8 Å². The number of amides is 2. The number of rotatable bonds is 10. The predicted molar refractivity (Wildman–Crippen MR) is 164 cm³/mol. The van der Waals surface area contributed by atoms with Gasteiger partial charge in [0, 0.05) is 12.6 Å². The van der Waals surface area contributed by atoms with Crippen molar-refractivity contribution in [1.82, 2.24) is 10.2 Å². The first-order chi connectivity index (χ1) is 19.5. The zero-order valence-corrected chi connectivity index (χ0v) is 25.8. The summed E-state index contributed by atoms with van der Waals surface area (Å²) in [6.07, 6.45) is 3.89. The number of sulfonamides is 1. The SMILES string of the molecule is Cc1ccc(N(CC(=O)N(Cc2ccc(Cl)c(Cl)c2)C(C)C(=O)NC2CCCC2)S(=O)(=O)c2ccccc2)cc1C. The molecule has 0 bridgehead atoms. The molecule has 1 fully saturated rings. The first-order valence-electron chi connectivity index (χ1n) is 13.7. The van der Waals surface area contributed by atoms with Gasteiger partial charge in [-0.3, -0.25) is 13.9 Å². The second kappa shape index (κ2) is 13.3. The van der Waals surface area contributed by atoms with Gasteiger partial charge in [-0.2, -0.15) is 0 Å². The Morgan fingerprint density at radius 2 is 1.61 bits per heavy atom. The minimum Gasteiger partial charge on any atom is -0.352 e. The zero-order valence-electron chi connectivity index (χ0n) is 23.4. The molecule has 0 saturated heterocycles. The summed E-state index contributed by atoms with van der Waals surface area (Å²) in [5, 5.41) is 3.76. The molecule has 4 rings (SSSR count). The molecule has 0 aromatic heterocycles. The van der Waals surface area contributed by atoms with Gasteiger partial charge in [0.25, 0.3) is 10.0 Å². The van der Waals surface area contributed by atoms with Crippen LogP contribution in [0.3, 0.4) is 0 Å². The lowest BCUT2D eigenvalue weighted by Gasteiger charge is -2.32. The molecular weight excluding hydrogens is 581 g/mol. The van der Waals surface area contributed by atoms with Crippen molar-refractivity contribution in [3.8, 4) is 0 Å². The maximum atomic E-state index is 14.1. The van der Waals surface area contributed by atoms with Crippen molar-refractivity contribution in [3.05, 3.63) is 93.5 Å². The maximum Gasteiger partial charge on any atom is 0.264 e. The van der Waals surface area contributed by atoms with E-state index in [0.717, 1.165) is 41.1 Å². The molecule has 3 aromatic rings. The van der Waals surface area contributed by atoms with Crippen LogP contribution in [-0.2, 0) is 26.2 Å². The number of carbonyl (C=O) groups excluding carboxylic acids is 2. The Balaban J connectivity index is 1.70. The molecule has 0 spiro atoms. The molecule has 0 aliphatic heterocycles. The fourth-order valence-corrected chi connectivity index (χ4v) is 6.69. The van der Waals surface area contributed by atoms with E-state index in [1.165, 1.54) is 17.0 Å². The van der Waals surface area contributed by atoms with Crippen LogP contribution in [0.25, 0.3) is 0 Å². The van der Waals surface area contributed by atoms with Crippen LogP contribution < -0.4 is 9.62 Å². The van der Waals surface area contributed by atoms with Crippen LogP contribution in [0.1, 0.15) is 49.3 Å². The van der Waals surface area contributed by atoms with Crippen molar-refractivity contribution < 1.29 is 18.0 Å². The quantitative estimate of drug-likeness (QED) is 0.291. The largest absolute Gasteiger partial charge is 0.352 e. The Morgan fingerprint density at radius 1 is 0.927 bits per heavy atom. The summed E-state index contributed by atoms with van der Waals surface area (Å²) in [5.74, 6) is -0.808. The highest BCUT2D eigenvalue weighted by atomic mass is 35.5. The fraction of sp³-hybridized carbons (Fsp3) is 0.355. The van der Waals surface area contributed by atoms with Crippen molar-refractivity contribution >= 4 is 50.7 Å². The number of aryl methyl sites for hydroxylation is 2. The van der Waals surface area contributed by atoms with E-state index in [2.05, 4.69) is 5.32 Å². The lowest BCUT2D eigenvalue weighted by Crippen LogP contribution is -2.52. The number of nitrogens with one attached hydrogen (secondary N) is 1. The number of hydrogen-bond donors (Lipinski definition) is 1. The Labute approximate surface area is 252 Å². The number of benzene rings is 3. The molecule has 1 N–H and O–H groups in total. The zero-order chi connectivity index (χ0) is 29.7. The van der Waals surface area contributed by atoms with Gasteiger partial charge in [0.15, 0.2) is 0 Å². The van der Waals surface area contributed by atoms with Crippen LogP contribution in [0.2, 0.25) is 10.0 Å². The minimum atomic E-state index is -4.12. The predicted octanol–water partition coefficient (Wildman–Crippen LogP) is 6.28. The van der Waals surface area contributed by atoms with Gasteiger partial charge in [0.05, 0.1) is 20.6 Å². The third-order valence-corrected chi connectivity index (χ3v) is 10.1. The summed E-state index contributed by atoms with van der Waals surface area (Å²) >= 11 is 12.4. The van der Waals surface area contributed by atoms with E-state index in [4.69, 9.17) is 23.2 Å². The van der Waals surface area contributed by atoms with E-state index in [1.54, 1.807) is 55.5 Å². The normalized spacial score (nSPS) is 14.5. The Kier molecular flexibility index (Phi) is 10.00. The highest BCUT2D eigenvalue weighted by molar-refractivity contribution is 7.92. The first-order valence-corrected chi connectivity index (χ1v) is 15.9. The number of anilines is 1. The number of hydrogen-bond acceptors (Lipinski definition) is 4. The molecule has 1 unspecified atom stereocenters. The van der Waals surface area contributed by atoms with E-state index in [-0.39, 0.29) is 23.4 Å². The van der Waals surface area contributed by atoms with Crippen molar-refractivity contribution in [2.75, 3.05) is 10.8 Å². The molecule has 1 atom stereocenters. The van der Waals surface area contributed by atoms with Crippen LogP contribution in [0.4, 0.5) is 5.69 Å². The molecule has 1 aliphatic rings. The second-order valence-corrected chi connectivity index (χ2v) is 13.2. The molecule has 3 aromatic carbocycles. The van der Waals surface area contributed by atoms with E-state index < -0.39 is 28.5 Å². The summed E-state index contributed by atoms with van der Waals surface area (Å²) in [6.45, 7) is 5.03. The van der Waals surface area contributed by atoms with Gasteiger partial charge in [-0.25, -0.2) is 8.42 Å². The molecule has 0 heterocycles. The summed E-state index contributed by atoms with van der Waals surface area (Å²) in [4.78, 5) is 28.9. The minimum absolute atomic E-state index is 0.0428. The van der Waals surface area contributed by atoms with Crippen LogP contribution >= 0.6 is 23.2 Å². The van der Waals surface area contributed by atoms with Gasteiger partial charge in [0.2, 0.25) is 11.8 Å². The molecule has 0 radical (unpaired) electrons. The van der Waals surface area contributed by atoms with Gasteiger partial charge < -0.3 is 10.2 Å². The summed E-state index contributed by atoms with van der Waals surface area (Å²) in [6, 6.07) is 17.5. The highest BCUT2D eigenvalue weighted by Gasteiger charge is 2.33. The maximum absolute atomic E-state index is 14.1. The summed E-state index contributed by atoms with van der Waals surface area (Å²) in [5.41, 5.74) is 2.91. The molecule has 1 saturated carbocycles. The van der Waals surface area contributed by atoms with Gasteiger partial charge in [-0.15, -0.1) is 0 Å².